The Morgan fingerprint density at radius 2 is 1.58 bits per heavy atom. The zero-order chi connectivity index (χ0) is 21.0. The molecule has 1 aliphatic heterocycles. The maximum atomic E-state index is 12.8. The van der Waals surface area contributed by atoms with Crippen molar-refractivity contribution in [2.45, 2.75) is 12.8 Å². The monoisotopic (exact) mass is 407 g/mol. The quantitative estimate of drug-likeness (QED) is 0.468. The molecule has 1 aliphatic rings. The molecule has 1 amide bonds. The molecule has 0 atom stereocenters. The van der Waals surface area contributed by atoms with Crippen molar-refractivity contribution in [3.63, 3.8) is 0 Å². The molecule has 1 saturated heterocycles. The van der Waals surface area contributed by atoms with E-state index < -0.39 is 0 Å². The normalized spacial score (nSPS) is 14.5. The second-order valence-corrected chi connectivity index (χ2v) is 8.08. The number of anilines is 2. The third kappa shape index (κ3) is 4.29. The topological polar surface area (TPSA) is 45.2 Å². The van der Waals surface area contributed by atoms with Crippen LogP contribution in [0.1, 0.15) is 12.8 Å². The average molecular weight is 408 g/mol. The van der Waals surface area contributed by atoms with Crippen LogP contribution in [-0.2, 0) is 4.79 Å². The van der Waals surface area contributed by atoms with Crippen LogP contribution in [0.15, 0.2) is 91.1 Å². The lowest BCUT2D eigenvalue weighted by atomic mass is 9.95. The van der Waals surface area contributed by atoms with E-state index in [1.54, 1.807) is 6.20 Å². The van der Waals surface area contributed by atoms with E-state index in [9.17, 15) is 4.79 Å². The fourth-order valence-corrected chi connectivity index (χ4v) is 4.30. The van der Waals surface area contributed by atoms with Crippen LogP contribution in [0, 0.1) is 5.92 Å². The van der Waals surface area contributed by atoms with Gasteiger partial charge in [-0.15, -0.1) is 0 Å². The Kier molecular flexibility index (Phi) is 5.36. The number of amides is 1. The predicted octanol–water partition coefficient (Wildman–Crippen LogP) is 5.76. The number of nitrogens with one attached hydrogen (secondary N) is 1. The average Bonchev–Trinajstić information content (AvgIpc) is 2.85. The van der Waals surface area contributed by atoms with Gasteiger partial charge in [-0.25, -0.2) is 0 Å². The van der Waals surface area contributed by atoms with Crippen molar-refractivity contribution in [3.05, 3.63) is 91.1 Å². The van der Waals surface area contributed by atoms with E-state index in [2.05, 4.69) is 63.7 Å². The summed E-state index contributed by atoms with van der Waals surface area (Å²) in [6, 6.07) is 29.0. The number of carbonyl (C=O) groups is 1. The standard InChI is InChI=1S/C27H25N3O/c31-27(29-24-17-23-9-4-5-12-26(23)28-19-24)21-13-15-30(16-14-21)25-11-6-10-22(18-25)20-7-2-1-3-8-20/h1-12,17-19,21H,13-16H2,(H,29,31). The number of nitrogens with zero attached hydrogens (tertiary/aromatic N) is 2. The molecule has 1 N–H and O–H groups in total. The molecule has 154 valence electrons. The van der Waals surface area contributed by atoms with Gasteiger partial charge in [0.15, 0.2) is 0 Å². The van der Waals surface area contributed by atoms with Crippen molar-refractivity contribution < 1.29 is 4.79 Å². The summed E-state index contributed by atoms with van der Waals surface area (Å²) in [5, 5.41) is 4.10. The summed E-state index contributed by atoms with van der Waals surface area (Å²) in [5.41, 5.74) is 5.37. The highest BCUT2D eigenvalue weighted by Gasteiger charge is 2.25. The second-order valence-electron chi connectivity index (χ2n) is 8.08. The van der Waals surface area contributed by atoms with Crippen molar-refractivity contribution in [2.24, 2.45) is 5.92 Å². The summed E-state index contributed by atoms with van der Waals surface area (Å²) in [7, 11) is 0. The molecule has 0 aliphatic carbocycles. The zero-order valence-corrected chi connectivity index (χ0v) is 17.4. The van der Waals surface area contributed by atoms with Crippen molar-refractivity contribution in [1.29, 1.82) is 0 Å². The van der Waals surface area contributed by atoms with Gasteiger partial charge in [0.2, 0.25) is 5.91 Å². The molecule has 1 fully saturated rings. The molecule has 0 spiro atoms. The van der Waals surface area contributed by atoms with Gasteiger partial charge < -0.3 is 10.2 Å². The third-order valence-corrected chi connectivity index (χ3v) is 6.04. The molecule has 0 saturated carbocycles. The number of carbonyl (C=O) groups excluding carboxylic acids is 1. The first kappa shape index (κ1) is 19.3. The Bertz CT molecular complexity index is 1200. The van der Waals surface area contributed by atoms with Crippen LogP contribution in [0.5, 0.6) is 0 Å². The van der Waals surface area contributed by atoms with E-state index in [0.717, 1.165) is 42.5 Å². The first-order valence-corrected chi connectivity index (χ1v) is 10.8. The Hall–Kier alpha value is -3.66. The Morgan fingerprint density at radius 3 is 2.42 bits per heavy atom. The second kappa shape index (κ2) is 8.60. The van der Waals surface area contributed by atoms with Crippen LogP contribution in [0.4, 0.5) is 11.4 Å². The maximum Gasteiger partial charge on any atom is 0.227 e. The van der Waals surface area contributed by atoms with Crippen molar-refractivity contribution in [1.82, 2.24) is 4.98 Å². The minimum absolute atomic E-state index is 0.0278. The number of fused-ring (bicyclic) bond motifs is 1. The molecular weight excluding hydrogens is 382 g/mol. The maximum absolute atomic E-state index is 12.8. The minimum Gasteiger partial charge on any atom is -0.371 e. The first-order valence-electron chi connectivity index (χ1n) is 10.8. The van der Waals surface area contributed by atoms with Crippen LogP contribution in [0.2, 0.25) is 0 Å². The van der Waals surface area contributed by atoms with Gasteiger partial charge in [-0.1, -0.05) is 60.7 Å². The summed E-state index contributed by atoms with van der Waals surface area (Å²) in [6.45, 7) is 1.76. The summed E-state index contributed by atoms with van der Waals surface area (Å²) in [6.07, 6.45) is 3.44. The van der Waals surface area contributed by atoms with E-state index in [1.165, 1.54) is 16.8 Å². The fourth-order valence-electron chi connectivity index (χ4n) is 4.30. The molecule has 1 aromatic heterocycles. The molecule has 4 heteroatoms. The molecule has 4 nitrogen and oxygen atoms in total. The lowest BCUT2D eigenvalue weighted by molar-refractivity contribution is -0.120. The van der Waals surface area contributed by atoms with Crippen molar-refractivity contribution in [3.8, 4) is 11.1 Å². The van der Waals surface area contributed by atoms with Gasteiger partial charge in [-0.05, 0) is 48.2 Å². The van der Waals surface area contributed by atoms with Gasteiger partial charge in [0.1, 0.15) is 0 Å². The number of rotatable bonds is 4. The van der Waals surface area contributed by atoms with Crippen LogP contribution in [0.25, 0.3) is 22.0 Å². The summed E-state index contributed by atoms with van der Waals surface area (Å²) in [5.74, 6) is 0.120. The van der Waals surface area contributed by atoms with Crippen molar-refractivity contribution >= 4 is 28.2 Å². The molecule has 5 rings (SSSR count). The molecule has 2 heterocycles. The Morgan fingerprint density at radius 1 is 0.839 bits per heavy atom. The largest absolute Gasteiger partial charge is 0.371 e. The summed E-state index contributed by atoms with van der Waals surface area (Å²) >= 11 is 0. The van der Waals surface area contributed by atoms with E-state index >= 15 is 0 Å². The van der Waals surface area contributed by atoms with E-state index in [-0.39, 0.29) is 11.8 Å². The highest BCUT2D eigenvalue weighted by Crippen LogP contribution is 2.28. The lowest BCUT2D eigenvalue weighted by Crippen LogP contribution is -2.38. The smallest absolute Gasteiger partial charge is 0.227 e. The molecular formula is C27H25N3O. The van der Waals surface area contributed by atoms with Gasteiger partial charge >= 0.3 is 0 Å². The van der Waals surface area contributed by atoms with E-state index in [1.807, 2.05) is 36.4 Å². The number of para-hydroxylation sites is 1. The summed E-state index contributed by atoms with van der Waals surface area (Å²) < 4.78 is 0. The van der Waals surface area contributed by atoms with Gasteiger partial charge in [-0.3, -0.25) is 9.78 Å². The SMILES string of the molecule is O=C(Nc1cnc2ccccc2c1)C1CCN(c2cccc(-c3ccccc3)c2)CC1. The Labute approximate surface area is 182 Å². The summed E-state index contributed by atoms with van der Waals surface area (Å²) in [4.78, 5) is 19.7. The zero-order valence-electron chi connectivity index (χ0n) is 17.4. The molecule has 4 aromatic rings. The highest BCUT2D eigenvalue weighted by molar-refractivity contribution is 5.94. The van der Waals surface area contributed by atoms with Gasteiger partial charge in [0.25, 0.3) is 0 Å². The van der Waals surface area contributed by atoms with E-state index in [0.29, 0.717) is 0 Å². The third-order valence-electron chi connectivity index (χ3n) is 6.04. The van der Waals surface area contributed by atoms with Crippen LogP contribution >= 0.6 is 0 Å². The van der Waals surface area contributed by atoms with Crippen LogP contribution < -0.4 is 10.2 Å². The number of pyridine rings is 1. The number of aromatic nitrogens is 1. The number of hydrogen-bond acceptors (Lipinski definition) is 3. The number of benzene rings is 3. The molecule has 0 unspecified atom stereocenters. The highest BCUT2D eigenvalue weighted by atomic mass is 16.1. The predicted molar refractivity (Wildman–Crippen MR) is 127 cm³/mol. The van der Waals surface area contributed by atoms with E-state index in [4.69, 9.17) is 0 Å². The van der Waals surface area contributed by atoms with Gasteiger partial charge in [-0.2, -0.15) is 0 Å². The number of hydrogen-bond donors (Lipinski definition) is 1. The molecule has 0 bridgehead atoms. The minimum atomic E-state index is 0.0278. The van der Waals surface area contributed by atoms with Crippen LogP contribution in [-0.4, -0.2) is 24.0 Å². The van der Waals surface area contributed by atoms with Crippen LogP contribution in [0.3, 0.4) is 0 Å². The fraction of sp³-hybridized carbons (Fsp3) is 0.185. The lowest BCUT2D eigenvalue weighted by Gasteiger charge is -2.33. The van der Waals surface area contributed by atoms with Gasteiger partial charge in [0.05, 0.1) is 17.4 Å². The number of piperidine rings is 1. The molecule has 0 radical (unpaired) electrons. The first-order chi connectivity index (χ1) is 15.3. The van der Waals surface area contributed by atoms with Gasteiger partial charge in [0, 0.05) is 30.1 Å². The molecule has 31 heavy (non-hydrogen) atoms. The molecule has 3 aromatic carbocycles. The van der Waals surface area contributed by atoms with Crippen molar-refractivity contribution in [2.75, 3.05) is 23.3 Å². The Balaban J connectivity index is 1.22.